The van der Waals surface area contributed by atoms with Crippen LogP contribution in [-0.2, 0) is 16.0 Å². The van der Waals surface area contributed by atoms with E-state index in [4.69, 9.17) is 9.47 Å². The molecule has 2 saturated heterocycles. The number of benzene rings is 1. The predicted molar refractivity (Wildman–Crippen MR) is 83.2 cm³/mol. The zero-order valence-electron chi connectivity index (χ0n) is 13.0. The Morgan fingerprint density at radius 3 is 2.73 bits per heavy atom. The summed E-state index contributed by atoms with van der Waals surface area (Å²) in [5, 5.41) is 10.3. The summed E-state index contributed by atoms with van der Waals surface area (Å²) in [4.78, 5) is 2.47. The molecular weight excluding hydrogens is 278 g/mol. The van der Waals surface area contributed by atoms with Gasteiger partial charge in [-0.05, 0) is 24.3 Å². The zero-order valence-corrected chi connectivity index (χ0v) is 13.0. The molecule has 2 heterocycles. The van der Waals surface area contributed by atoms with Gasteiger partial charge in [-0.15, -0.1) is 0 Å². The maximum atomic E-state index is 10.3. The van der Waals surface area contributed by atoms with Gasteiger partial charge in [-0.2, -0.15) is 0 Å². The predicted octanol–water partition coefficient (Wildman–Crippen LogP) is 2.17. The number of fused-ring (bicyclic) bond motifs is 1. The van der Waals surface area contributed by atoms with Gasteiger partial charge >= 0.3 is 0 Å². The number of likely N-dealkylation sites (tertiary alicyclic amines) is 1. The van der Waals surface area contributed by atoms with Crippen molar-refractivity contribution in [2.75, 3.05) is 19.8 Å². The average molecular weight is 303 g/mol. The minimum Gasteiger partial charge on any atom is -0.392 e. The van der Waals surface area contributed by atoms with Crippen LogP contribution < -0.4 is 0 Å². The van der Waals surface area contributed by atoms with Gasteiger partial charge in [-0.3, -0.25) is 4.90 Å². The highest BCUT2D eigenvalue weighted by molar-refractivity contribution is 5.15. The van der Waals surface area contributed by atoms with Crippen LogP contribution in [0.5, 0.6) is 0 Å². The van der Waals surface area contributed by atoms with E-state index in [1.54, 1.807) is 0 Å². The molecule has 1 aromatic rings. The summed E-state index contributed by atoms with van der Waals surface area (Å²) in [6.07, 6.45) is 3.66. The van der Waals surface area contributed by atoms with Gasteiger partial charge in [0.15, 0.2) is 5.79 Å². The first-order valence-corrected chi connectivity index (χ1v) is 8.48. The van der Waals surface area contributed by atoms with Crippen molar-refractivity contribution in [3.63, 3.8) is 0 Å². The number of aliphatic hydroxyl groups is 1. The third-order valence-electron chi connectivity index (χ3n) is 5.47. The summed E-state index contributed by atoms with van der Waals surface area (Å²) in [5.41, 5.74) is 1.32. The Hall–Kier alpha value is -0.940. The topological polar surface area (TPSA) is 41.9 Å². The van der Waals surface area contributed by atoms with E-state index >= 15 is 0 Å². The van der Waals surface area contributed by atoms with Crippen molar-refractivity contribution in [2.24, 2.45) is 5.92 Å². The van der Waals surface area contributed by atoms with Gasteiger partial charge in [0.2, 0.25) is 0 Å². The quantitative estimate of drug-likeness (QED) is 0.909. The summed E-state index contributed by atoms with van der Waals surface area (Å²) in [7, 11) is 0. The van der Waals surface area contributed by atoms with E-state index in [1.807, 2.05) is 0 Å². The first-order chi connectivity index (χ1) is 10.7. The summed E-state index contributed by atoms with van der Waals surface area (Å²) < 4.78 is 11.8. The van der Waals surface area contributed by atoms with Crippen LogP contribution in [0.1, 0.15) is 31.2 Å². The summed E-state index contributed by atoms with van der Waals surface area (Å²) in [6, 6.07) is 11.1. The zero-order chi connectivity index (χ0) is 15.0. The largest absolute Gasteiger partial charge is 0.392 e. The summed E-state index contributed by atoms with van der Waals surface area (Å²) >= 11 is 0. The number of hydrogen-bond acceptors (Lipinski definition) is 4. The van der Waals surface area contributed by atoms with Gasteiger partial charge in [0.25, 0.3) is 0 Å². The SMILES string of the molecule is O[C@@H]1C[C@@H]2CC3(CC[C@@H]2N(Cc2ccccc2)C1)OCCO3. The van der Waals surface area contributed by atoms with Gasteiger partial charge in [-0.25, -0.2) is 0 Å². The average Bonchev–Trinajstić information content (AvgIpc) is 2.95. The highest BCUT2D eigenvalue weighted by Gasteiger charge is 2.48. The van der Waals surface area contributed by atoms with Crippen molar-refractivity contribution in [2.45, 2.75) is 50.2 Å². The third kappa shape index (κ3) is 2.81. The van der Waals surface area contributed by atoms with E-state index in [-0.39, 0.29) is 11.9 Å². The maximum Gasteiger partial charge on any atom is 0.168 e. The molecule has 2 aliphatic heterocycles. The Labute approximate surface area is 132 Å². The van der Waals surface area contributed by atoms with Crippen molar-refractivity contribution in [1.82, 2.24) is 4.90 Å². The number of ether oxygens (including phenoxy) is 2. The van der Waals surface area contributed by atoms with Crippen LogP contribution in [0.15, 0.2) is 30.3 Å². The normalized spacial score (nSPS) is 34.7. The van der Waals surface area contributed by atoms with Crippen molar-refractivity contribution in [3.05, 3.63) is 35.9 Å². The Kier molecular flexibility index (Phi) is 3.95. The number of piperidine rings is 1. The molecule has 1 spiro atoms. The van der Waals surface area contributed by atoms with Crippen molar-refractivity contribution in [1.29, 1.82) is 0 Å². The van der Waals surface area contributed by atoms with E-state index in [2.05, 4.69) is 35.2 Å². The van der Waals surface area contributed by atoms with Crippen LogP contribution in [0.25, 0.3) is 0 Å². The lowest BCUT2D eigenvalue weighted by molar-refractivity contribution is -0.206. The Balaban J connectivity index is 1.49. The van der Waals surface area contributed by atoms with Crippen LogP contribution in [0, 0.1) is 5.92 Å². The first-order valence-electron chi connectivity index (χ1n) is 8.48. The van der Waals surface area contributed by atoms with E-state index in [1.165, 1.54) is 5.56 Å². The van der Waals surface area contributed by atoms with Crippen LogP contribution in [-0.4, -0.2) is 47.7 Å². The molecule has 120 valence electrons. The fourth-order valence-electron chi connectivity index (χ4n) is 4.55. The third-order valence-corrected chi connectivity index (χ3v) is 5.47. The molecule has 0 unspecified atom stereocenters. The molecule has 1 N–H and O–H groups in total. The summed E-state index contributed by atoms with van der Waals surface area (Å²) in [5.74, 6) is 0.121. The number of rotatable bonds is 2. The number of hydrogen-bond donors (Lipinski definition) is 1. The highest BCUT2D eigenvalue weighted by atomic mass is 16.7. The lowest BCUT2D eigenvalue weighted by Crippen LogP contribution is -2.55. The van der Waals surface area contributed by atoms with Crippen molar-refractivity contribution in [3.8, 4) is 0 Å². The van der Waals surface area contributed by atoms with Gasteiger partial charge in [0.05, 0.1) is 19.3 Å². The minimum absolute atomic E-state index is 0.235. The molecule has 1 aromatic carbocycles. The molecule has 4 rings (SSSR count). The molecular formula is C18H25NO3. The van der Waals surface area contributed by atoms with Gasteiger partial charge in [0, 0.05) is 32.0 Å². The van der Waals surface area contributed by atoms with Crippen molar-refractivity contribution < 1.29 is 14.6 Å². The fraction of sp³-hybridized carbons (Fsp3) is 0.667. The number of nitrogens with zero attached hydrogens (tertiary/aromatic N) is 1. The molecule has 3 aliphatic rings. The van der Waals surface area contributed by atoms with E-state index in [0.717, 1.165) is 38.8 Å². The van der Waals surface area contributed by atoms with Crippen LogP contribution in [0.4, 0.5) is 0 Å². The molecule has 0 bridgehead atoms. The van der Waals surface area contributed by atoms with E-state index in [0.29, 0.717) is 25.2 Å². The number of aliphatic hydroxyl groups excluding tert-OH is 1. The number of β-amino-alcohol motifs (C(OH)–C–C–N with tert-alkyl or cyclic N) is 1. The second kappa shape index (κ2) is 5.93. The minimum atomic E-state index is -0.351. The Morgan fingerprint density at radius 2 is 1.95 bits per heavy atom. The smallest absolute Gasteiger partial charge is 0.168 e. The standard InChI is InChI=1S/C18H25NO3/c20-16-10-15-11-18(21-8-9-22-18)7-6-17(15)19(13-16)12-14-4-2-1-3-5-14/h1-5,15-17,20H,6-13H2/t15-,16-,17+/m1/s1. The monoisotopic (exact) mass is 303 g/mol. The molecule has 1 saturated carbocycles. The van der Waals surface area contributed by atoms with Gasteiger partial charge in [0.1, 0.15) is 0 Å². The molecule has 4 nitrogen and oxygen atoms in total. The first kappa shape index (κ1) is 14.6. The van der Waals surface area contributed by atoms with Crippen LogP contribution >= 0.6 is 0 Å². The second-order valence-corrected chi connectivity index (χ2v) is 6.98. The molecule has 0 aromatic heterocycles. The molecule has 22 heavy (non-hydrogen) atoms. The molecule has 1 aliphatic carbocycles. The van der Waals surface area contributed by atoms with Gasteiger partial charge < -0.3 is 14.6 Å². The lowest BCUT2D eigenvalue weighted by atomic mass is 9.74. The van der Waals surface area contributed by atoms with Gasteiger partial charge in [-0.1, -0.05) is 30.3 Å². The molecule has 0 amide bonds. The fourth-order valence-corrected chi connectivity index (χ4v) is 4.55. The molecule has 0 radical (unpaired) electrons. The van der Waals surface area contributed by atoms with Crippen molar-refractivity contribution >= 4 is 0 Å². The molecule has 3 fully saturated rings. The van der Waals surface area contributed by atoms with E-state index < -0.39 is 0 Å². The molecule has 3 atom stereocenters. The van der Waals surface area contributed by atoms with E-state index in [9.17, 15) is 5.11 Å². The maximum absolute atomic E-state index is 10.3. The van der Waals surface area contributed by atoms with Crippen LogP contribution in [0.3, 0.4) is 0 Å². The second-order valence-electron chi connectivity index (χ2n) is 6.98. The lowest BCUT2D eigenvalue weighted by Gasteiger charge is -2.49. The Bertz CT molecular complexity index is 500. The molecule has 4 heteroatoms. The highest BCUT2D eigenvalue weighted by Crippen LogP contribution is 2.44. The Morgan fingerprint density at radius 1 is 1.18 bits per heavy atom. The van der Waals surface area contributed by atoms with Crippen LogP contribution in [0.2, 0.25) is 0 Å². The summed E-state index contributed by atoms with van der Waals surface area (Å²) in [6.45, 7) is 3.14.